The van der Waals surface area contributed by atoms with E-state index in [2.05, 4.69) is 27.3 Å². The third-order valence-electron chi connectivity index (χ3n) is 3.19. The molecule has 1 aliphatic rings. The zero-order valence-electron chi connectivity index (χ0n) is 10.5. The van der Waals surface area contributed by atoms with Crippen LogP contribution >= 0.6 is 0 Å². The number of anilines is 1. The summed E-state index contributed by atoms with van der Waals surface area (Å²) in [5.41, 5.74) is 6.93. The molecule has 18 heavy (non-hydrogen) atoms. The summed E-state index contributed by atoms with van der Waals surface area (Å²) < 4.78 is 3.78. The van der Waals surface area contributed by atoms with Gasteiger partial charge in [-0.05, 0) is 19.3 Å². The fourth-order valence-electron chi connectivity index (χ4n) is 2.17. The Labute approximate surface area is 105 Å². The van der Waals surface area contributed by atoms with Gasteiger partial charge in [-0.1, -0.05) is 12.1 Å². The normalized spacial score (nSPS) is 15.2. The van der Waals surface area contributed by atoms with E-state index in [-0.39, 0.29) is 0 Å². The lowest BCUT2D eigenvalue weighted by Gasteiger charge is -2.07. The maximum atomic E-state index is 5.87. The summed E-state index contributed by atoms with van der Waals surface area (Å²) in [5.74, 6) is 1.99. The van der Waals surface area contributed by atoms with Crippen molar-refractivity contribution in [2.75, 3.05) is 5.73 Å². The summed E-state index contributed by atoms with van der Waals surface area (Å²) in [4.78, 5) is 4.28. The molecular formula is C11H17N7. The van der Waals surface area contributed by atoms with Crippen LogP contribution in [-0.4, -0.2) is 29.8 Å². The van der Waals surface area contributed by atoms with E-state index in [1.165, 1.54) is 12.8 Å². The van der Waals surface area contributed by atoms with E-state index >= 15 is 0 Å². The third kappa shape index (κ3) is 1.96. The topological polar surface area (TPSA) is 87.4 Å². The van der Waals surface area contributed by atoms with Gasteiger partial charge in [0.1, 0.15) is 18.7 Å². The molecule has 0 atom stereocenters. The molecule has 0 bridgehead atoms. The molecule has 0 saturated heterocycles. The summed E-state index contributed by atoms with van der Waals surface area (Å²) in [6, 6.07) is 0. The zero-order valence-corrected chi connectivity index (χ0v) is 10.5. The standard InChI is InChI=1S/C11H17N7/c1-2-5-17-9(13-7-14-17)6-18-10(8-3-4-8)11(12)15-16-18/h7-8H,2-6,12H2,1H3. The van der Waals surface area contributed by atoms with E-state index in [0.29, 0.717) is 18.3 Å². The van der Waals surface area contributed by atoms with Gasteiger partial charge in [0.05, 0.1) is 5.69 Å². The number of hydrogen-bond donors (Lipinski definition) is 1. The predicted molar refractivity (Wildman–Crippen MR) is 65.8 cm³/mol. The molecule has 0 unspecified atom stereocenters. The smallest absolute Gasteiger partial charge is 0.169 e. The van der Waals surface area contributed by atoms with Crippen molar-refractivity contribution in [3.63, 3.8) is 0 Å². The van der Waals surface area contributed by atoms with Crippen LogP contribution in [0.3, 0.4) is 0 Å². The van der Waals surface area contributed by atoms with Crippen LogP contribution in [0.25, 0.3) is 0 Å². The number of nitrogens with two attached hydrogens (primary N) is 1. The van der Waals surface area contributed by atoms with Crippen LogP contribution in [0.2, 0.25) is 0 Å². The molecule has 7 heteroatoms. The van der Waals surface area contributed by atoms with E-state index in [0.717, 1.165) is 24.5 Å². The molecule has 2 heterocycles. The minimum atomic E-state index is 0.530. The number of rotatable bonds is 5. The van der Waals surface area contributed by atoms with Crippen LogP contribution in [0, 0.1) is 0 Å². The summed E-state index contributed by atoms with van der Waals surface area (Å²) in [6.07, 6.45) is 4.98. The van der Waals surface area contributed by atoms with Crippen LogP contribution in [0.4, 0.5) is 5.82 Å². The fourth-order valence-corrected chi connectivity index (χ4v) is 2.17. The van der Waals surface area contributed by atoms with Crippen molar-refractivity contribution < 1.29 is 0 Å². The van der Waals surface area contributed by atoms with Crippen LogP contribution in [0.5, 0.6) is 0 Å². The van der Waals surface area contributed by atoms with Crippen LogP contribution in [0.15, 0.2) is 6.33 Å². The highest BCUT2D eigenvalue weighted by Crippen LogP contribution is 2.41. The summed E-state index contributed by atoms with van der Waals surface area (Å²) in [6.45, 7) is 3.59. The lowest BCUT2D eigenvalue weighted by Crippen LogP contribution is -2.13. The van der Waals surface area contributed by atoms with Gasteiger partial charge in [-0.3, -0.25) is 0 Å². The minimum Gasteiger partial charge on any atom is -0.381 e. The SMILES string of the molecule is CCCn1ncnc1Cn1nnc(N)c1C1CC1. The van der Waals surface area contributed by atoms with Gasteiger partial charge in [-0.25, -0.2) is 14.3 Å². The van der Waals surface area contributed by atoms with Gasteiger partial charge in [-0.15, -0.1) is 5.10 Å². The van der Waals surface area contributed by atoms with Crippen molar-refractivity contribution in [1.29, 1.82) is 0 Å². The van der Waals surface area contributed by atoms with Crippen molar-refractivity contribution in [2.45, 2.75) is 45.2 Å². The molecule has 96 valence electrons. The van der Waals surface area contributed by atoms with Gasteiger partial charge in [0.2, 0.25) is 0 Å². The van der Waals surface area contributed by atoms with Crippen molar-refractivity contribution in [3.05, 3.63) is 17.8 Å². The molecule has 2 aromatic rings. The van der Waals surface area contributed by atoms with Gasteiger partial charge >= 0.3 is 0 Å². The molecule has 1 saturated carbocycles. The van der Waals surface area contributed by atoms with Crippen molar-refractivity contribution in [3.8, 4) is 0 Å². The Hall–Kier alpha value is -1.92. The average Bonchev–Trinajstić information content (AvgIpc) is 3.00. The Balaban J connectivity index is 1.85. The first kappa shape index (κ1) is 11.2. The first-order chi connectivity index (χ1) is 8.79. The van der Waals surface area contributed by atoms with Crippen molar-refractivity contribution >= 4 is 5.82 Å². The lowest BCUT2D eigenvalue weighted by atomic mass is 10.3. The molecule has 1 fully saturated rings. The monoisotopic (exact) mass is 247 g/mol. The number of nitrogen functional groups attached to an aromatic ring is 1. The molecule has 0 amide bonds. The largest absolute Gasteiger partial charge is 0.381 e. The molecule has 0 aromatic carbocycles. The Morgan fingerprint density at radius 2 is 2.22 bits per heavy atom. The van der Waals surface area contributed by atoms with Crippen molar-refractivity contribution in [2.24, 2.45) is 0 Å². The van der Waals surface area contributed by atoms with E-state index in [1.54, 1.807) is 6.33 Å². The molecular weight excluding hydrogens is 230 g/mol. The first-order valence-electron chi connectivity index (χ1n) is 6.35. The van der Waals surface area contributed by atoms with Gasteiger partial charge in [-0.2, -0.15) is 5.10 Å². The van der Waals surface area contributed by atoms with Gasteiger partial charge in [0, 0.05) is 12.5 Å². The maximum absolute atomic E-state index is 5.87. The third-order valence-corrected chi connectivity index (χ3v) is 3.19. The fraction of sp³-hybridized carbons (Fsp3) is 0.636. The molecule has 7 nitrogen and oxygen atoms in total. The Bertz CT molecular complexity index is 537. The number of aromatic nitrogens is 6. The van der Waals surface area contributed by atoms with Gasteiger partial charge in [0.25, 0.3) is 0 Å². The Kier molecular flexibility index (Phi) is 2.73. The second-order valence-corrected chi connectivity index (χ2v) is 4.69. The Morgan fingerprint density at radius 3 is 2.94 bits per heavy atom. The first-order valence-corrected chi connectivity index (χ1v) is 6.35. The Morgan fingerprint density at radius 1 is 1.39 bits per heavy atom. The molecule has 3 rings (SSSR count). The molecule has 0 radical (unpaired) electrons. The highest BCUT2D eigenvalue weighted by Gasteiger charge is 2.30. The molecule has 0 aliphatic heterocycles. The lowest BCUT2D eigenvalue weighted by molar-refractivity contribution is 0.524. The highest BCUT2D eigenvalue weighted by atomic mass is 15.5. The van der Waals surface area contributed by atoms with Gasteiger partial charge in [0.15, 0.2) is 5.82 Å². The van der Waals surface area contributed by atoms with E-state index in [9.17, 15) is 0 Å². The summed E-state index contributed by atoms with van der Waals surface area (Å²) in [7, 11) is 0. The molecule has 2 aromatic heterocycles. The van der Waals surface area contributed by atoms with Crippen molar-refractivity contribution in [1.82, 2.24) is 29.8 Å². The second kappa shape index (κ2) is 4.40. The van der Waals surface area contributed by atoms with Crippen LogP contribution < -0.4 is 5.73 Å². The minimum absolute atomic E-state index is 0.530. The quantitative estimate of drug-likeness (QED) is 0.843. The van der Waals surface area contributed by atoms with E-state index in [4.69, 9.17) is 5.73 Å². The number of hydrogen-bond acceptors (Lipinski definition) is 5. The van der Waals surface area contributed by atoms with E-state index < -0.39 is 0 Å². The number of nitrogens with zero attached hydrogens (tertiary/aromatic N) is 6. The number of aryl methyl sites for hydroxylation is 1. The van der Waals surface area contributed by atoms with Crippen LogP contribution in [0.1, 0.15) is 43.6 Å². The average molecular weight is 247 g/mol. The second-order valence-electron chi connectivity index (χ2n) is 4.69. The zero-order chi connectivity index (χ0) is 12.5. The molecule has 1 aliphatic carbocycles. The van der Waals surface area contributed by atoms with E-state index in [1.807, 2.05) is 9.36 Å². The summed E-state index contributed by atoms with van der Waals surface area (Å²) >= 11 is 0. The summed E-state index contributed by atoms with van der Waals surface area (Å²) in [5, 5.41) is 12.3. The molecule has 2 N–H and O–H groups in total. The molecule has 0 spiro atoms. The maximum Gasteiger partial charge on any atom is 0.169 e. The van der Waals surface area contributed by atoms with Gasteiger partial charge < -0.3 is 5.73 Å². The van der Waals surface area contributed by atoms with Crippen LogP contribution in [-0.2, 0) is 13.1 Å². The highest BCUT2D eigenvalue weighted by molar-refractivity contribution is 5.38. The predicted octanol–water partition coefficient (Wildman–Crippen LogP) is 0.787.